The van der Waals surface area contributed by atoms with Crippen LogP contribution in [-0.2, 0) is 14.3 Å². The minimum atomic E-state index is -0.377. The largest absolute Gasteiger partial charge is 0.491 e. The van der Waals surface area contributed by atoms with E-state index in [0.29, 0.717) is 6.54 Å². The molecule has 2 aromatic carbocycles. The van der Waals surface area contributed by atoms with E-state index in [1.54, 1.807) is 4.90 Å². The predicted molar refractivity (Wildman–Crippen MR) is 121 cm³/mol. The summed E-state index contributed by atoms with van der Waals surface area (Å²) in [6.07, 6.45) is 0.303. The van der Waals surface area contributed by atoms with Crippen LogP contribution in [0.3, 0.4) is 0 Å². The lowest BCUT2D eigenvalue weighted by Crippen LogP contribution is -2.36. The van der Waals surface area contributed by atoms with Crippen LogP contribution in [0.4, 0.5) is 17.1 Å². The molecule has 7 heteroatoms. The van der Waals surface area contributed by atoms with Crippen LogP contribution < -0.4 is 19.9 Å². The normalized spacial score (nSPS) is 19.1. The standard InChI is InChI=1S/C24H29N3O4/c1-17(2)31-22-9-7-21(8-10-22)27-16-18(15-23(27)28)24(29)25-19-3-5-20(6-4-19)26-11-13-30-14-12-26/h3-10,17-18H,11-16H2,1-2H3,(H,25,29)/t18-/m0/s1. The van der Waals surface area contributed by atoms with E-state index in [9.17, 15) is 9.59 Å². The fourth-order valence-electron chi connectivity index (χ4n) is 3.93. The molecule has 2 aromatic rings. The Balaban J connectivity index is 1.34. The molecule has 2 heterocycles. The Bertz CT molecular complexity index is 905. The summed E-state index contributed by atoms with van der Waals surface area (Å²) in [5.74, 6) is 0.216. The Labute approximate surface area is 182 Å². The number of amides is 2. The number of nitrogens with one attached hydrogen (secondary N) is 1. The molecule has 0 unspecified atom stereocenters. The van der Waals surface area contributed by atoms with Crippen molar-refractivity contribution in [2.45, 2.75) is 26.4 Å². The van der Waals surface area contributed by atoms with Gasteiger partial charge in [0.15, 0.2) is 0 Å². The topological polar surface area (TPSA) is 71.1 Å². The van der Waals surface area contributed by atoms with Gasteiger partial charge in [-0.05, 0) is 62.4 Å². The van der Waals surface area contributed by atoms with E-state index in [1.807, 2.05) is 62.4 Å². The van der Waals surface area contributed by atoms with Gasteiger partial charge in [-0.15, -0.1) is 0 Å². The number of morpholine rings is 1. The summed E-state index contributed by atoms with van der Waals surface area (Å²) in [7, 11) is 0. The van der Waals surface area contributed by atoms with Crippen molar-refractivity contribution in [1.82, 2.24) is 0 Å². The van der Waals surface area contributed by atoms with Crippen LogP contribution in [0, 0.1) is 5.92 Å². The van der Waals surface area contributed by atoms with Gasteiger partial charge in [0, 0.05) is 43.1 Å². The van der Waals surface area contributed by atoms with Crippen molar-refractivity contribution in [2.24, 2.45) is 5.92 Å². The molecule has 2 saturated heterocycles. The molecule has 1 N–H and O–H groups in total. The highest BCUT2D eigenvalue weighted by Crippen LogP contribution is 2.28. The average Bonchev–Trinajstić information content (AvgIpc) is 3.17. The summed E-state index contributed by atoms with van der Waals surface area (Å²) in [4.78, 5) is 29.2. The van der Waals surface area contributed by atoms with Crippen molar-refractivity contribution in [3.63, 3.8) is 0 Å². The van der Waals surface area contributed by atoms with Gasteiger partial charge in [-0.25, -0.2) is 0 Å². The Morgan fingerprint density at radius 2 is 1.68 bits per heavy atom. The number of carbonyl (C=O) groups is 2. The second kappa shape index (κ2) is 9.39. The van der Waals surface area contributed by atoms with E-state index < -0.39 is 0 Å². The molecule has 7 nitrogen and oxygen atoms in total. The average molecular weight is 424 g/mol. The third-order valence-corrected chi connectivity index (χ3v) is 5.53. The van der Waals surface area contributed by atoms with Crippen molar-refractivity contribution in [3.8, 4) is 5.75 Å². The molecule has 2 fully saturated rings. The minimum absolute atomic E-state index is 0.0413. The molecular weight excluding hydrogens is 394 g/mol. The van der Waals surface area contributed by atoms with Gasteiger partial charge in [0.25, 0.3) is 0 Å². The highest BCUT2D eigenvalue weighted by atomic mass is 16.5. The Hall–Kier alpha value is -3.06. The van der Waals surface area contributed by atoms with Gasteiger partial charge in [-0.3, -0.25) is 9.59 Å². The quantitative estimate of drug-likeness (QED) is 0.772. The zero-order chi connectivity index (χ0) is 21.8. The number of nitrogens with zero attached hydrogens (tertiary/aromatic N) is 2. The number of hydrogen-bond donors (Lipinski definition) is 1. The van der Waals surface area contributed by atoms with Gasteiger partial charge in [-0.1, -0.05) is 0 Å². The van der Waals surface area contributed by atoms with Crippen molar-refractivity contribution in [2.75, 3.05) is 48.0 Å². The highest BCUT2D eigenvalue weighted by Gasteiger charge is 2.35. The maximum Gasteiger partial charge on any atom is 0.229 e. The van der Waals surface area contributed by atoms with E-state index in [4.69, 9.17) is 9.47 Å². The Kier molecular flexibility index (Phi) is 6.42. The summed E-state index contributed by atoms with van der Waals surface area (Å²) < 4.78 is 11.0. The summed E-state index contributed by atoms with van der Waals surface area (Å²) >= 11 is 0. The molecule has 2 amide bonds. The van der Waals surface area contributed by atoms with Crippen LogP contribution in [0.15, 0.2) is 48.5 Å². The predicted octanol–water partition coefficient (Wildman–Crippen LogP) is 3.30. The first-order chi connectivity index (χ1) is 15.0. The van der Waals surface area contributed by atoms with E-state index in [-0.39, 0.29) is 30.3 Å². The number of benzene rings is 2. The van der Waals surface area contributed by atoms with Gasteiger partial charge < -0.3 is 24.6 Å². The highest BCUT2D eigenvalue weighted by molar-refractivity contribution is 6.03. The number of anilines is 3. The van der Waals surface area contributed by atoms with Crippen molar-refractivity contribution >= 4 is 28.9 Å². The lowest BCUT2D eigenvalue weighted by molar-refractivity contribution is -0.122. The molecule has 4 rings (SSSR count). The zero-order valence-corrected chi connectivity index (χ0v) is 18.0. The lowest BCUT2D eigenvalue weighted by atomic mass is 10.1. The summed E-state index contributed by atoms with van der Waals surface area (Å²) in [5.41, 5.74) is 2.64. The third-order valence-electron chi connectivity index (χ3n) is 5.53. The number of ether oxygens (including phenoxy) is 2. The Morgan fingerprint density at radius 3 is 2.32 bits per heavy atom. The number of hydrogen-bond acceptors (Lipinski definition) is 5. The van der Waals surface area contributed by atoms with Gasteiger partial charge in [-0.2, -0.15) is 0 Å². The molecule has 0 saturated carbocycles. The molecule has 0 aromatic heterocycles. The lowest BCUT2D eigenvalue weighted by Gasteiger charge is -2.28. The van der Waals surface area contributed by atoms with Gasteiger partial charge in [0.05, 0.1) is 25.2 Å². The van der Waals surface area contributed by atoms with Crippen molar-refractivity contribution in [3.05, 3.63) is 48.5 Å². The first-order valence-electron chi connectivity index (χ1n) is 10.8. The second-order valence-corrected chi connectivity index (χ2v) is 8.20. The number of rotatable bonds is 6. The van der Waals surface area contributed by atoms with Crippen LogP contribution in [0.25, 0.3) is 0 Å². The van der Waals surface area contributed by atoms with E-state index in [0.717, 1.165) is 49.1 Å². The summed E-state index contributed by atoms with van der Waals surface area (Å²) in [6.45, 7) is 7.53. The van der Waals surface area contributed by atoms with E-state index in [1.165, 1.54) is 0 Å². The summed E-state index contributed by atoms with van der Waals surface area (Å²) in [6, 6.07) is 15.3. The van der Waals surface area contributed by atoms with Gasteiger partial charge in [0.1, 0.15) is 5.75 Å². The second-order valence-electron chi connectivity index (χ2n) is 8.20. The molecular formula is C24H29N3O4. The van der Waals surface area contributed by atoms with E-state index >= 15 is 0 Å². The molecule has 0 bridgehead atoms. The SMILES string of the molecule is CC(C)Oc1ccc(N2C[C@@H](C(=O)Nc3ccc(N4CCOCC4)cc3)CC2=O)cc1. The fourth-order valence-corrected chi connectivity index (χ4v) is 3.93. The molecule has 2 aliphatic heterocycles. The first kappa shape index (κ1) is 21.2. The van der Waals surface area contributed by atoms with Crippen LogP contribution in [0.5, 0.6) is 5.75 Å². The molecule has 0 spiro atoms. The molecule has 0 aliphatic carbocycles. The zero-order valence-electron chi connectivity index (χ0n) is 18.0. The van der Waals surface area contributed by atoms with Crippen LogP contribution in [0.2, 0.25) is 0 Å². The summed E-state index contributed by atoms with van der Waals surface area (Å²) in [5, 5.41) is 2.96. The first-order valence-corrected chi connectivity index (χ1v) is 10.8. The smallest absolute Gasteiger partial charge is 0.229 e. The van der Waals surface area contributed by atoms with Crippen LogP contribution >= 0.6 is 0 Å². The fraction of sp³-hybridized carbons (Fsp3) is 0.417. The van der Waals surface area contributed by atoms with Gasteiger partial charge in [0.2, 0.25) is 11.8 Å². The molecule has 2 aliphatic rings. The maximum absolute atomic E-state index is 12.8. The van der Waals surface area contributed by atoms with Crippen LogP contribution in [-0.4, -0.2) is 50.8 Å². The maximum atomic E-state index is 12.8. The molecule has 1 atom stereocenters. The van der Waals surface area contributed by atoms with Gasteiger partial charge >= 0.3 is 0 Å². The number of carbonyl (C=O) groups excluding carboxylic acids is 2. The molecule has 0 radical (unpaired) electrons. The Morgan fingerprint density at radius 1 is 1.03 bits per heavy atom. The monoisotopic (exact) mass is 423 g/mol. The molecule has 164 valence electrons. The van der Waals surface area contributed by atoms with Crippen molar-refractivity contribution < 1.29 is 19.1 Å². The minimum Gasteiger partial charge on any atom is -0.491 e. The van der Waals surface area contributed by atoms with E-state index in [2.05, 4.69) is 10.2 Å². The molecule has 31 heavy (non-hydrogen) atoms. The third kappa shape index (κ3) is 5.17. The van der Waals surface area contributed by atoms with Crippen molar-refractivity contribution in [1.29, 1.82) is 0 Å². The van der Waals surface area contributed by atoms with Crippen LogP contribution in [0.1, 0.15) is 20.3 Å².